The third-order valence-corrected chi connectivity index (χ3v) is 4.24. The summed E-state index contributed by atoms with van der Waals surface area (Å²) in [6.07, 6.45) is 0.578. The van der Waals surface area contributed by atoms with Gasteiger partial charge in [-0.1, -0.05) is 12.1 Å². The molecule has 0 bridgehead atoms. The van der Waals surface area contributed by atoms with Crippen LogP contribution in [0.15, 0.2) is 29.2 Å². The van der Waals surface area contributed by atoms with Crippen molar-refractivity contribution in [3.63, 3.8) is 0 Å². The zero-order valence-corrected chi connectivity index (χ0v) is 13.1. The fraction of sp³-hybridized carbons (Fsp3) is 0.500. The van der Waals surface area contributed by atoms with Gasteiger partial charge in [-0.25, -0.2) is 13.1 Å². The smallest absolute Gasteiger partial charge is 0.240 e. The van der Waals surface area contributed by atoms with E-state index in [9.17, 15) is 13.2 Å². The summed E-state index contributed by atoms with van der Waals surface area (Å²) in [6, 6.07) is 5.86. The normalized spacial score (nSPS) is 11.5. The Morgan fingerprint density at radius 2 is 1.81 bits per heavy atom. The van der Waals surface area contributed by atoms with Crippen LogP contribution in [0.2, 0.25) is 0 Å². The fourth-order valence-corrected chi connectivity index (χ4v) is 2.65. The Balaban J connectivity index is 2.41. The van der Waals surface area contributed by atoms with Gasteiger partial charge in [0, 0.05) is 25.8 Å². The van der Waals surface area contributed by atoms with Gasteiger partial charge >= 0.3 is 0 Å². The maximum atomic E-state index is 12.0. The molecular weight excluding hydrogens is 294 g/mol. The van der Waals surface area contributed by atoms with Crippen LogP contribution in [0.25, 0.3) is 0 Å². The van der Waals surface area contributed by atoms with Gasteiger partial charge in [0.2, 0.25) is 10.0 Å². The van der Waals surface area contributed by atoms with Crippen LogP contribution in [0.3, 0.4) is 0 Å². The van der Waals surface area contributed by atoms with E-state index in [2.05, 4.69) is 4.72 Å². The fourth-order valence-electron chi connectivity index (χ4n) is 1.58. The number of methoxy groups -OCH3 is 1. The van der Waals surface area contributed by atoms with Crippen molar-refractivity contribution < 1.29 is 22.7 Å². The van der Waals surface area contributed by atoms with Crippen LogP contribution in [-0.2, 0) is 19.5 Å². The number of ether oxygens (including phenoxy) is 2. The predicted octanol–water partition coefficient (Wildman–Crippen LogP) is 1.22. The van der Waals surface area contributed by atoms with E-state index in [1.807, 2.05) is 0 Å². The average Bonchev–Trinajstić information content (AvgIpc) is 2.46. The van der Waals surface area contributed by atoms with E-state index in [1.54, 1.807) is 7.11 Å². The highest BCUT2D eigenvalue weighted by Gasteiger charge is 2.13. The highest BCUT2D eigenvalue weighted by atomic mass is 32.2. The molecule has 118 valence electrons. The van der Waals surface area contributed by atoms with E-state index in [-0.39, 0.29) is 10.7 Å². The Labute approximate surface area is 125 Å². The summed E-state index contributed by atoms with van der Waals surface area (Å²) >= 11 is 0. The lowest BCUT2D eigenvalue weighted by Crippen LogP contribution is -2.25. The monoisotopic (exact) mass is 315 g/mol. The number of carbonyl (C=O) groups is 1. The van der Waals surface area contributed by atoms with Crippen LogP contribution in [0, 0.1) is 0 Å². The van der Waals surface area contributed by atoms with Gasteiger partial charge in [0.25, 0.3) is 0 Å². The molecule has 21 heavy (non-hydrogen) atoms. The minimum atomic E-state index is -3.54. The third-order valence-electron chi connectivity index (χ3n) is 2.76. The van der Waals surface area contributed by atoms with Gasteiger partial charge in [-0.2, -0.15) is 0 Å². The van der Waals surface area contributed by atoms with Crippen molar-refractivity contribution in [3.05, 3.63) is 29.8 Å². The van der Waals surface area contributed by atoms with Gasteiger partial charge in [0.1, 0.15) is 0 Å². The molecule has 0 aliphatic heterocycles. The number of Topliss-reactive ketones (excluding diaryl/α,β-unsaturated/α-hetero) is 1. The molecule has 0 unspecified atom stereocenters. The number of rotatable bonds is 10. The number of hydrogen-bond acceptors (Lipinski definition) is 5. The summed E-state index contributed by atoms with van der Waals surface area (Å²) in [5.41, 5.74) is 0.487. The lowest BCUT2D eigenvalue weighted by atomic mass is 10.2. The van der Waals surface area contributed by atoms with E-state index in [1.165, 1.54) is 31.2 Å². The minimum Gasteiger partial charge on any atom is -0.382 e. The molecule has 0 spiro atoms. The summed E-state index contributed by atoms with van der Waals surface area (Å²) < 4.78 is 36.5. The standard InChI is InChI=1S/C14H21NO5S/c1-12(16)13-4-6-14(7-5-13)21(17,18)15-8-3-9-20-11-10-19-2/h4-7,15H,3,8-11H2,1-2H3. The van der Waals surface area contributed by atoms with Crippen LogP contribution < -0.4 is 4.72 Å². The topological polar surface area (TPSA) is 81.7 Å². The molecule has 0 radical (unpaired) electrons. The third kappa shape index (κ3) is 6.34. The van der Waals surface area contributed by atoms with Gasteiger partial charge in [-0.05, 0) is 25.5 Å². The SMILES string of the molecule is COCCOCCCNS(=O)(=O)c1ccc(C(C)=O)cc1. The number of sulfonamides is 1. The minimum absolute atomic E-state index is 0.0971. The zero-order valence-electron chi connectivity index (χ0n) is 12.3. The highest BCUT2D eigenvalue weighted by molar-refractivity contribution is 7.89. The molecule has 1 aromatic carbocycles. The van der Waals surface area contributed by atoms with E-state index < -0.39 is 10.0 Å². The number of carbonyl (C=O) groups excluding carboxylic acids is 1. The molecule has 7 heteroatoms. The zero-order chi connectivity index (χ0) is 15.7. The Hall–Kier alpha value is -1.28. The van der Waals surface area contributed by atoms with E-state index in [4.69, 9.17) is 9.47 Å². The average molecular weight is 315 g/mol. The largest absolute Gasteiger partial charge is 0.382 e. The second-order valence-corrected chi connectivity index (χ2v) is 6.20. The van der Waals surface area contributed by atoms with Crippen LogP contribution in [0.4, 0.5) is 0 Å². The van der Waals surface area contributed by atoms with Gasteiger partial charge in [-0.3, -0.25) is 4.79 Å². The van der Waals surface area contributed by atoms with Gasteiger partial charge < -0.3 is 9.47 Å². The molecule has 0 heterocycles. The molecule has 1 rings (SSSR count). The Bertz CT molecular complexity index is 539. The van der Waals surface area contributed by atoms with Crippen molar-refractivity contribution in [1.29, 1.82) is 0 Å². The summed E-state index contributed by atoms with van der Waals surface area (Å²) in [5, 5.41) is 0. The Morgan fingerprint density at radius 1 is 1.14 bits per heavy atom. The van der Waals surface area contributed by atoms with E-state index in [0.717, 1.165) is 0 Å². The first-order valence-electron chi connectivity index (χ1n) is 6.64. The predicted molar refractivity (Wildman–Crippen MR) is 78.9 cm³/mol. The van der Waals surface area contributed by atoms with E-state index >= 15 is 0 Å². The summed E-state index contributed by atoms with van der Waals surface area (Å²) in [7, 11) is -1.95. The van der Waals surface area contributed by atoms with Crippen molar-refractivity contribution in [1.82, 2.24) is 4.72 Å². The first kappa shape index (κ1) is 17.8. The van der Waals surface area contributed by atoms with Crippen molar-refractivity contribution >= 4 is 15.8 Å². The van der Waals surface area contributed by atoms with Crippen molar-refractivity contribution in [2.24, 2.45) is 0 Å². The molecule has 6 nitrogen and oxygen atoms in total. The van der Waals surface area contributed by atoms with Crippen molar-refractivity contribution in [2.75, 3.05) is 33.5 Å². The number of ketones is 1. The second kappa shape index (κ2) is 8.89. The van der Waals surface area contributed by atoms with Gasteiger partial charge in [-0.15, -0.1) is 0 Å². The maximum absolute atomic E-state index is 12.0. The van der Waals surface area contributed by atoms with Crippen LogP contribution in [0.5, 0.6) is 0 Å². The number of benzene rings is 1. The van der Waals surface area contributed by atoms with Crippen LogP contribution in [-0.4, -0.2) is 47.7 Å². The van der Waals surface area contributed by atoms with E-state index in [0.29, 0.717) is 38.3 Å². The van der Waals surface area contributed by atoms with Crippen molar-refractivity contribution in [3.8, 4) is 0 Å². The Morgan fingerprint density at radius 3 is 2.38 bits per heavy atom. The molecular formula is C14H21NO5S. The number of nitrogens with one attached hydrogen (secondary N) is 1. The summed E-state index contributed by atoms with van der Waals surface area (Å²) in [4.78, 5) is 11.3. The summed E-state index contributed by atoms with van der Waals surface area (Å²) in [5.74, 6) is -0.0971. The molecule has 0 fully saturated rings. The lowest BCUT2D eigenvalue weighted by Gasteiger charge is -2.07. The molecule has 0 aliphatic rings. The Kier molecular flexibility index (Phi) is 7.52. The first-order chi connectivity index (χ1) is 9.97. The first-order valence-corrected chi connectivity index (χ1v) is 8.13. The molecule has 1 aromatic rings. The molecule has 0 atom stereocenters. The van der Waals surface area contributed by atoms with Gasteiger partial charge in [0.05, 0.1) is 18.1 Å². The molecule has 0 saturated carbocycles. The molecule has 1 N–H and O–H groups in total. The van der Waals surface area contributed by atoms with Crippen LogP contribution >= 0.6 is 0 Å². The lowest BCUT2D eigenvalue weighted by molar-refractivity contribution is 0.0699. The second-order valence-electron chi connectivity index (χ2n) is 4.44. The summed E-state index contributed by atoms with van der Waals surface area (Å²) in [6.45, 7) is 3.22. The molecule has 0 amide bonds. The molecule has 0 aliphatic carbocycles. The van der Waals surface area contributed by atoms with Crippen molar-refractivity contribution in [2.45, 2.75) is 18.2 Å². The molecule has 0 aromatic heterocycles. The quantitative estimate of drug-likeness (QED) is 0.518. The number of hydrogen-bond donors (Lipinski definition) is 1. The van der Waals surface area contributed by atoms with Crippen LogP contribution in [0.1, 0.15) is 23.7 Å². The highest BCUT2D eigenvalue weighted by Crippen LogP contribution is 2.10. The molecule has 0 saturated heterocycles. The van der Waals surface area contributed by atoms with Gasteiger partial charge in [0.15, 0.2) is 5.78 Å². The maximum Gasteiger partial charge on any atom is 0.240 e.